The molecule has 1 aromatic heterocycles. The molecule has 1 aliphatic rings. The Morgan fingerprint density at radius 1 is 1.25 bits per heavy atom. The topological polar surface area (TPSA) is 55.3 Å². The molecule has 1 saturated heterocycles. The third-order valence-electron chi connectivity index (χ3n) is 5.35. The Kier molecular flexibility index (Phi) is 7.34. The van der Waals surface area contributed by atoms with Crippen LogP contribution in [0.2, 0.25) is 0 Å². The second kappa shape index (κ2) is 10.2. The number of aromatic nitrogens is 2. The van der Waals surface area contributed by atoms with Gasteiger partial charge in [0.05, 0.1) is 6.61 Å². The van der Waals surface area contributed by atoms with Crippen LogP contribution in [0.1, 0.15) is 43.7 Å². The number of nitrogens with zero attached hydrogens (tertiary/aromatic N) is 3. The van der Waals surface area contributed by atoms with Gasteiger partial charge >= 0.3 is 0 Å². The highest BCUT2D eigenvalue weighted by Gasteiger charge is 2.20. The van der Waals surface area contributed by atoms with E-state index in [0.717, 1.165) is 56.7 Å². The van der Waals surface area contributed by atoms with Crippen LogP contribution in [0.15, 0.2) is 30.6 Å². The van der Waals surface area contributed by atoms with Crippen LogP contribution in [0.4, 0.5) is 10.3 Å². The number of carbonyl (C=O) groups excluding carboxylic acids is 1. The van der Waals surface area contributed by atoms with Crippen LogP contribution in [0.3, 0.4) is 0 Å². The predicted molar refractivity (Wildman–Crippen MR) is 107 cm³/mol. The lowest BCUT2D eigenvalue weighted by Crippen LogP contribution is -2.35. The lowest BCUT2D eigenvalue weighted by atomic mass is 9.92. The Labute approximate surface area is 166 Å². The summed E-state index contributed by atoms with van der Waals surface area (Å²) in [7, 11) is 0. The van der Waals surface area contributed by atoms with Crippen LogP contribution < -0.4 is 9.64 Å². The molecule has 1 aliphatic heterocycles. The van der Waals surface area contributed by atoms with Crippen molar-refractivity contribution in [1.29, 1.82) is 0 Å². The van der Waals surface area contributed by atoms with Crippen LogP contribution in [-0.4, -0.2) is 36.0 Å². The molecule has 0 saturated carbocycles. The Morgan fingerprint density at radius 3 is 2.64 bits per heavy atom. The number of benzene rings is 1. The number of hydrogen-bond donors (Lipinski definition) is 0. The summed E-state index contributed by atoms with van der Waals surface area (Å²) >= 11 is 0. The summed E-state index contributed by atoms with van der Waals surface area (Å²) in [5.74, 6) is 1.65. The zero-order chi connectivity index (χ0) is 19.8. The van der Waals surface area contributed by atoms with Crippen LogP contribution in [0.25, 0.3) is 0 Å². The second-order valence-electron chi connectivity index (χ2n) is 7.29. The maximum Gasteiger partial charge on any atom is 0.225 e. The van der Waals surface area contributed by atoms with Crippen molar-refractivity contribution >= 4 is 12.2 Å². The van der Waals surface area contributed by atoms with E-state index in [-0.39, 0.29) is 12.2 Å². The van der Waals surface area contributed by atoms with Gasteiger partial charge in [0.15, 0.2) is 0 Å². The first-order valence-corrected chi connectivity index (χ1v) is 10.1. The van der Waals surface area contributed by atoms with Crippen molar-refractivity contribution in [2.24, 2.45) is 5.92 Å². The summed E-state index contributed by atoms with van der Waals surface area (Å²) in [4.78, 5) is 21.7. The molecule has 0 spiro atoms. The molecule has 5 nitrogen and oxygen atoms in total. The number of rotatable bonds is 9. The predicted octanol–water partition coefficient (Wildman–Crippen LogP) is 4.00. The number of halogens is 1. The molecule has 28 heavy (non-hydrogen) atoms. The van der Waals surface area contributed by atoms with E-state index in [1.807, 2.05) is 12.4 Å². The number of aldehydes is 1. The van der Waals surface area contributed by atoms with Gasteiger partial charge in [0, 0.05) is 38.0 Å². The molecular formula is C22H28FN3O2. The van der Waals surface area contributed by atoms with Crippen molar-refractivity contribution in [2.45, 2.75) is 45.4 Å². The molecule has 6 heteroatoms. The van der Waals surface area contributed by atoms with E-state index in [1.165, 1.54) is 6.07 Å². The lowest BCUT2D eigenvalue weighted by Gasteiger charge is -2.32. The first kappa shape index (κ1) is 20.2. The fourth-order valence-electron chi connectivity index (χ4n) is 3.55. The van der Waals surface area contributed by atoms with E-state index < -0.39 is 0 Å². The molecule has 0 aliphatic carbocycles. The van der Waals surface area contributed by atoms with Gasteiger partial charge in [0.2, 0.25) is 5.95 Å². The Bertz CT molecular complexity index is 759. The minimum Gasteiger partial charge on any atom is -0.493 e. The fourth-order valence-corrected chi connectivity index (χ4v) is 3.55. The molecule has 0 N–H and O–H groups in total. The van der Waals surface area contributed by atoms with Gasteiger partial charge in [-0.05, 0) is 55.2 Å². The normalized spacial score (nSPS) is 14.9. The zero-order valence-electron chi connectivity index (χ0n) is 16.4. The average molecular weight is 385 g/mol. The maximum absolute atomic E-state index is 13.8. The minimum absolute atomic E-state index is 0.0958. The Morgan fingerprint density at radius 2 is 2.00 bits per heavy atom. The smallest absolute Gasteiger partial charge is 0.225 e. The third-order valence-corrected chi connectivity index (χ3v) is 5.35. The van der Waals surface area contributed by atoms with Gasteiger partial charge in [-0.1, -0.05) is 13.0 Å². The number of ether oxygens (including phenoxy) is 1. The van der Waals surface area contributed by atoms with Crippen molar-refractivity contribution < 1.29 is 13.9 Å². The molecule has 1 aromatic carbocycles. The van der Waals surface area contributed by atoms with Gasteiger partial charge in [0.25, 0.3) is 0 Å². The van der Waals surface area contributed by atoms with E-state index in [4.69, 9.17) is 4.74 Å². The van der Waals surface area contributed by atoms with Crippen molar-refractivity contribution in [3.05, 3.63) is 47.5 Å². The summed E-state index contributed by atoms with van der Waals surface area (Å²) in [6.07, 6.45) is 9.91. The summed E-state index contributed by atoms with van der Waals surface area (Å²) < 4.78 is 19.5. The van der Waals surface area contributed by atoms with Gasteiger partial charge in [-0.25, -0.2) is 14.4 Å². The molecule has 150 valence electrons. The van der Waals surface area contributed by atoms with E-state index in [2.05, 4.69) is 21.8 Å². The Hall–Kier alpha value is -2.50. The average Bonchev–Trinajstić information content (AvgIpc) is 2.74. The second-order valence-corrected chi connectivity index (χ2v) is 7.29. The minimum atomic E-state index is -0.383. The molecule has 0 unspecified atom stereocenters. The molecule has 1 fully saturated rings. The van der Waals surface area contributed by atoms with Crippen LogP contribution in [-0.2, 0) is 17.6 Å². The van der Waals surface area contributed by atoms with Gasteiger partial charge in [-0.3, -0.25) is 0 Å². The van der Waals surface area contributed by atoms with Crippen molar-refractivity contribution in [3.8, 4) is 5.75 Å². The fraction of sp³-hybridized carbons (Fsp3) is 0.500. The standard InChI is InChI=1S/C22H28FN3O2/c1-2-17-15-24-22(25-16-17)26-10-7-18(8-11-26)4-3-13-28-20-6-5-19(9-12-27)21(23)14-20/h5-6,12,14-16,18H,2-4,7-11,13H2,1H3. The third kappa shape index (κ3) is 5.50. The Balaban J connectivity index is 1.36. The summed E-state index contributed by atoms with van der Waals surface area (Å²) in [6, 6.07) is 4.70. The summed E-state index contributed by atoms with van der Waals surface area (Å²) in [5, 5.41) is 0. The molecule has 0 atom stereocenters. The largest absolute Gasteiger partial charge is 0.493 e. The summed E-state index contributed by atoms with van der Waals surface area (Å²) in [5.41, 5.74) is 1.57. The van der Waals surface area contributed by atoms with Gasteiger partial charge in [-0.2, -0.15) is 0 Å². The highest BCUT2D eigenvalue weighted by Crippen LogP contribution is 2.24. The van der Waals surface area contributed by atoms with E-state index in [9.17, 15) is 9.18 Å². The van der Waals surface area contributed by atoms with Crippen LogP contribution >= 0.6 is 0 Å². The molecule has 3 rings (SSSR count). The summed E-state index contributed by atoms with van der Waals surface area (Å²) in [6.45, 7) is 4.65. The van der Waals surface area contributed by atoms with Crippen molar-refractivity contribution in [1.82, 2.24) is 9.97 Å². The molecule has 2 aromatic rings. The number of piperidine rings is 1. The molecule has 0 radical (unpaired) electrons. The highest BCUT2D eigenvalue weighted by atomic mass is 19.1. The van der Waals surface area contributed by atoms with Crippen LogP contribution in [0, 0.1) is 11.7 Å². The van der Waals surface area contributed by atoms with Gasteiger partial charge in [-0.15, -0.1) is 0 Å². The molecular weight excluding hydrogens is 357 g/mol. The highest BCUT2D eigenvalue weighted by molar-refractivity contribution is 5.55. The molecule has 2 heterocycles. The molecule has 0 bridgehead atoms. The van der Waals surface area contributed by atoms with Gasteiger partial charge in [0.1, 0.15) is 17.9 Å². The number of hydrogen-bond acceptors (Lipinski definition) is 5. The van der Waals surface area contributed by atoms with Gasteiger partial charge < -0.3 is 14.4 Å². The zero-order valence-corrected chi connectivity index (χ0v) is 16.4. The quantitative estimate of drug-likeness (QED) is 0.482. The number of carbonyl (C=O) groups is 1. The van der Waals surface area contributed by atoms with E-state index in [1.54, 1.807) is 12.1 Å². The van der Waals surface area contributed by atoms with E-state index in [0.29, 0.717) is 30.1 Å². The van der Waals surface area contributed by atoms with E-state index >= 15 is 0 Å². The lowest BCUT2D eigenvalue weighted by molar-refractivity contribution is -0.107. The SMILES string of the molecule is CCc1cnc(N2CCC(CCCOc3ccc(CC=O)c(F)c3)CC2)nc1. The van der Waals surface area contributed by atoms with Crippen molar-refractivity contribution in [2.75, 3.05) is 24.6 Å². The maximum atomic E-state index is 13.8. The molecule has 0 amide bonds. The monoisotopic (exact) mass is 385 g/mol. The number of aryl methyl sites for hydroxylation is 1. The van der Waals surface area contributed by atoms with Crippen molar-refractivity contribution in [3.63, 3.8) is 0 Å². The first-order chi connectivity index (χ1) is 13.7. The van der Waals surface area contributed by atoms with Crippen LogP contribution in [0.5, 0.6) is 5.75 Å². The number of anilines is 1. The first-order valence-electron chi connectivity index (χ1n) is 10.1.